The molecule has 0 aliphatic rings. The number of rotatable bonds is 20. The molecule has 162 valence electrons. The predicted octanol–water partition coefficient (Wildman–Crippen LogP) is 0.0614. The van der Waals surface area contributed by atoms with Gasteiger partial charge in [-0.3, -0.25) is 4.79 Å². The second-order valence-corrected chi connectivity index (χ2v) is 6.42. The summed E-state index contributed by atoms with van der Waals surface area (Å²) in [5.41, 5.74) is 0. The maximum absolute atomic E-state index is 13.5. The van der Waals surface area contributed by atoms with E-state index >= 15 is 0 Å². The van der Waals surface area contributed by atoms with Crippen molar-refractivity contribution in [3.63, 3.8) is 0 Å². The highest BCUT2D eigenvalue weighted by atomic mass is 32.1. The minimum atomic E-state index is -1.25. The van der Waals surface area contributed by atoms with E-state index in [-0.39, 0.29) is 25.7 Å². The molecule has 0 saturated carbocycles. The number of ether oxygens (including phenoxy) is 5. The fourth-order valence-electron chi connectivity index (χ4n) is 1.68. The van der Waals surface area contributed by atoms with Crippen LogP contribution in [-0.4, -0.2) is 104 Å². The van der Waals surface area contributed by atoms with Crippen molar-refractivity contribution in [2.75, 3.05) is 86.2 Å². The summed E-state index contributed by atoms with van der Waals surface area (Å²) in [5, 5.41) is 4.99. The van der Waals surface area contributed by atoms with Crippen molar-refractivity contribution >= 4 is 18.5 Å². The fourth-order valence-corrected chi connectivity index (χ4v) is 1.77. The Morgan fingerprint density at radius 1 is 0.889 bits per heavy atom. The number of hydrogen-bond acceptors (Lipinski definition) is 8. The van der Waals surface area contributed by atoms with E-state index in [1.807, 2.05) is 7.05 Å². The first-order valence-corrected chi connectivity index (χ1v) is 9.72. The summed E-state index contributed by atoms with van der Waals surface area (Å²) < 4.78 is 39.9. The van der Waals surface area contributed by atoms with Crippen molar-refractivity contribution < 1.29 is 32.9 Å². The van der Waals surface area contributed by atoms with Gasteiger partial charge in [-0.15, -0.1) is 0 Å². The molecule has 2 atom stereocenters. The van der Waals surface area contributed by atoms with Gasteiger partial charge in [0.1, 0.15) is 6.17 Å². The third-order valence-corrected chi connectivity index (χ3v) is 3.39. The zero-order valence-electron chi connectivity index (χ0n) is 16.4. The third kappa shape index (κ3) is 20.1. The van der Waals surface area contributed by atoms with Gasteiger partial charge in [0.05, 0.1) is 77.9 Å². The second kappa shape index (κ2) is 20.2. The standard InChI is InChI=1S/C17H35FN2O6S/c1-15(27)17(21)20-13-16(18)14-26-12-11-25-10-9-24-8-7-23-6-5-22-4-3-19-2/h15-16,19,27H,3-14H2,1-2H3,(H,20,21). The Kier molecular flexibility index (Phi) is 19.9. The summed E-state index contributed by atoms with van der Waals surface area (Å²) in [4.78, 5) is 11.2. The van der Waals surface area contributed by atoms with Crippen LogP contribution < -0.4 is 10.6 Å². The summed E-state index contributed by atoms with van der Waals surface area (Å²) >= 11 is 3.96. The van der Waals surface area contributed by atoms with Crippen LogP contribution in [0.3, 0.4) is 0 Å². The largest absolute Gasteiger partial charge is 0.378 e. The molecular weight excluding hydrogens is 379 g/mol. The van der Waals surface area contributed by atoms with Gasteiger partial charge in [-0.05, 0) is 14.0 Å². The molecule has 0 heterocycles. The normalized spacial score (nSPS) is 13.5. The van der Waals surface area contributed by atoms with E-state index in [4.69, 9.17) is 23.7 Å². The number of carbonyl (C=O) groups excluding carboxylic acids is 1. The summed E-state index contributed by atoms with van der Waals surface area (Å²) in [5.74, 6) is -0.299. The van der Waals surface area contributed by atoms with Gasteiger partial charge >= 0.3 is 0 Å². The van der Waals surface area contributed by atoms with Crippen molar-refractivity contribution in [1.29, 1.82) is 0 Å². The second-order valence-electron chi connectivity index (χ2n) is 5.65. The summed E-state index contributed by atoms with van der Waals surface area (Å²) in [6.07, 6.45) is -1.25. The molecule has 0 aromatic carbocycles. The number of halogens is 1. The van der Waals surface area contributed by atoms with Crippen LogP contribution in [-0.2, 0) is 28.5 Å². The van der Waals surface area contributed by atoms with Crippen LogP contribution >= 0.6 is 12.6 Å². The molecule has 2 unspecified atom stereocenters. The van der Waals surface area contributed by atoms with Gasteiger partial charge < -0.3 is 34.3 Å². The van der Waals surface area contributed by atoms with Crippen LogP contribution in [0, 0.1) is 0 Å². The molecule has 0 radical (unpaired) electrons. The number of hydrogen-bond donors (Lipinski definition) is 3. The Labute approximate surface area is 167 Å². The van der Waals surface area contributed by atoms with E-state index in [0.29, 0.717) is 52.9 Å². The molecule has 0 bridgehead atoms. The Morgan fingerprint density at radius 2 is 1.33 bits per heavy atom. The lowest BCUT2D eigenvalue weighted by atomic mass is 10.3. The number of carbonyl (C=O) groups is 1. The van der Waals surface area contributed by atoms with E-state index in [9.17, 15) is 9.18 Å². The summed E-state index contributed by atoms with van der Waals surface area (Å²) in [6, 6.07) is 0. The molecule has 0 spiro atoms. The van der Waals surface area contributed by atoms with Crippen LogP contribution in [0.15, 0.2) is 0 Å². The SMILES string of the molecule is CNCCOCCOCCOCCOCCOCC(F)CNC(=O)C(C)S. The van der Waals surface area contributed by atoms with Gasteiger partial charge in [-0.2, -0.15) is 12.6 Å². The Morgan fingerprint density at radius 3 is 1.78 bits per heavy atom. The minimum Gasteiger partial charge on any atom is -0.378 e. The molecule has 1 amide bonds. The first-order chi connectivity index (χ1) is 13.1. The molecule has 0 aromatic heterocycles. The lowest BCUT2D eigenvalue weighted by Crippen LogP contribution is -2.36. The minimum absolute atomic E-state index is 0.0808. The smallest absolute Gasteiger partial charge is 0.232 e. The van der Waals surface area contributed by atoms with Crippen molar-refractivity contribution in [3.8, 4) is 0 Å². The van der Waals surface area contributed by atoms with Crippen LogP contribution in [0.1, 0.15) is 6.92 Å². The van der Waals surface area contributed by atoms with Gasteiger partial charge in [-0.1, -0.05) is 0 Å². The number of amides is 1. The van der Waals surface area contributed by atoms with Crippen LogP contribution in [0.25, 0.3) is 0 Å². The Hall–Kier alpha value is -0.490. The van der Waals surface area contributed by atoms with Crippen molar-refractivity contribution in [3.05, 3.63) is 0 Å². The molecule has 0 saturated heterocycles. The third-order valence-electron chi connectivity index (χ3n) is 3.16. The van der Waals surface area contributed by atoms with E-state index < -0.39 is 11.4 Å². The molecule has 0 aromatic rings. The molecule has 2 N–H and O–H groups in total. The molecular formula is C17H35FN2O6S. The van der Waals surface area contributed by atoms with Crippen LogP contribution in [0.5, 0.6) is 0 Å². The van der Waals surface area contributed by atoms with Gasteiger partial charge in [0.15, 0.2) is 0 Å². The number of thiol groups is 1. The average Bonchev–Trinajstić information content (AvgIpc) is 2.65. The number of likely N-dealkylation sites (N-methyl/N-ethyl adjacent to an activating group) is 1. The van der Waals surface area contributed by atoms with Crippen molar-refractivity contribution in [2.24, 2.45) is 0 Å². The molecule has 10 heteroatoms. The Balaban J connectivity index is 3.17. The maximum atomic E-state index is 13.5. The van der Waals surface area contributed by atoms with E-state index in [1.54, 1.807) is 6.92 Å². The predicted molar refractivity (Wildman–Crippen MR) is 104 cm³/mol. The van der Waals surface area contributed by atoms with E-state index in [0.717, 1.165) is 6.54 Å². The Bertz CT molecular complexity index is 343. The topological polar surface area (TPSA) is 87.3 Å². The number of nitrogens with one attached hydrogen (secondary N) is 2. The van der Waals surface area contributed by atoms with E-state index in [1.165, 1.54) is 0 Å². The average molecular weight is 415 g/mol. The highest BCUT2D eigenvalue weighted by molar-refractivity contribution is 7.81. The quantitative estimate of drug-likeness (QED) is 0.192. The molecule has 27 heavy (non-hydrogen) atoms. The van der Waals surface area contributed by atoms with Crippen molar-refractivity contribution in [1.82, 2.24) is 10.6 Å². The summed E-state index contributed by atoms with van der Waals surface area (Å²) in [6.45, 7) is 6.64. The molecule has 0 fully saturated rings. The lowest BCUT2D eigenvalue weighted by Gasteiger charge is -2.12. The molecule has 0 aliphatic heterocycles. The lowest BCUT2D eigenvalue weighted by molar-refractivity contribution is -0.120. The van der Waals surface area contributed by atoms with E-state index in [2.05, 4.69) is 23.3 Å². The van der Waals surface area contributed by atoms with Gasteiger partial charge in [0.25, 0.3) is 0 Å². The first kappa shape index (κ1) is 26.5. The van der Waals surface area contributed by atoms with Crippen LogP contribution in [0.4, 0.5) is 4.39 Å². The van der Waals surface area contributed by atoms with Crippen LogP contribution in [0.2, 0.25) is 0 Å². The van der Waals surface area contributed by atoms with Gasteiger partial charge in [-0.25, -0.2) is 4.39 Å². The summed E-state index contributed by atoms with van der Waals surface area (Å²) in [7, 11) is 1.88. The highest BCUT2D eigenvalue weighted by Gasteiger charge is 2.11. The molecule has 0 aliphatic carbocycles. The molecule has 8 nitrogen and oxygen atoms in total. The maximum Gasteiger partial charge on any atom is 0.232 e. The first-order valence-electron chi connectivity index (χ1n) is 9.21. The zero-order chi connectivity index (χ0) is 20.2. The highest BCUT2D eigenvalue weighted by Crippen LogP contribution is 1.95. The van der Waals surface area contributed by atoms with Crippen molar-refractivity contribution in [2.45, 2.75) is 18.3 Å². The fraction of sp³-hybridized carbons (Fsp3) is 0.941. The van der Waals surface area contributed by atoms with Gasteiger partial charge in [0.2, 0.25) is 5.91 Å². The zero-order valence-corrected chi connectivity index (χ0v) is 17.3. The van der Waals surface area contributed by atoms with Gasteiger partial charge in [0, 0.05) is 6.54 Å². The molecule has 0 rings (SSSR count). The monoisotopic (exact) mass is 414 g/mol. The number of alkyl halides is 1.